The Kier molecular flexibility index (Phi) is 5.33. The Morgan fingerprint density at radius 3 is 2.76 bits per heavy atom. The molecule has 0 radical (unpaired) electrons. The lowest BCUT2D eigenvalue weighted by molar-refractivity contribution is -0.129. The SMILES string of the molecule is CCC(CO)NC(=O)C1CC(=O)N(Cc2ccccc2)C1. The molecule has 1 aromatic rings. The molecule has 0 bridgehead atoms. The number of aliphatic hydroxyl groups is 1. The number of hydrogen-bond donors (Lipinski definition) is 2. The molecule has 1 saturated heterocycles. The highest BCUT2D eigenvalue weighted by atomic mass is 16.3. The Bertz CT molecular complexity index is 486. The van der Waals surface area contributed by atoms with Crippen LogP contribution in [0.2, 0.25) is 0 Å². The van der Waals surface area contributed by atoms with E-state index in [9.17, 15) is 9.59 Å². The van der Waals surface area contributed by atoms with Gasteiger partial charge in [0.25, 0.3) is 0 Å². The predicted molar refractivity (Wildman–Crippen MR) is 79.3 cm³/mol. The van der Waals surface area contributed by atoms with E-state index in [0.29, 0.717) is 19.5 Å². The highest BCUT2D eigenvalue weighted by Crippen LogP contribution is 2.20. The summed E-state index contributed by atoms with van der Waals surface area (Å²) in [5, 5.41) is 11.9. The van der Waals surface area contributed by atoms with Crippen LogP contribution in [0, 0.1) is 5.92 Å². The van der Waals surface area contributed by atoms with Crippen LogP contribution in [-0.2, 0) is 16.1 Å². The minimum absolute atomic E-state index is 0.0102. The van der Waals surface area contributed by atoms with Crippen molar-refractivity contribution in [1.82, 2.24) is 10.2 Å². The molecule has 5 heteroatoms. The van der Waals surface area contributed by atoms with Gasteiger partial charge in [0, 0.05) is 19.5 Å². The fourth-order valence-corrected chi connectivity index (χ4v) is 2.50. The predicted octanol–water partition coefficient (Wildman–Crippen LogP) is 0.922. The van der Waals surface area contributed by atoms with Gasteiger partial charge in [-0.15, -0.1) is 0 Å². The third-order valence-corrected chi connectivity index (χ3v) is 3.86. The Balaban J connectivity index is 1.91. The molecule has 2 unspecified atom stereocenters. The van der Waals surface area contributed by atoms with Gasteiger partial charge >= 0.3 is 0 Å². The molecule has 1 aliphatic rings. The van der Waals surface area contributed by atoms with Crippen LogP contribution in [0.4, 0.5) is 0 Å². The van der Waals surface area contributed by atoms with Crippen molar-refractivity contribution in [3.63, 3.8) is 0 Å². The number of nitrogens with one attached hydrogen (secondary N) is 1. The van der Waals surface area contributed by atoms with Gasteiger partial charge in [0.2, 0.25) is 11.8 Å². The highest BCUT2D eigenvalue weighted by Gasteiger charge is 2.34. The molecule has 2 rings (SSSR count). The minimum atomic E-state index is -0.318. The van der Waals surface area contributed by atoms with Crippen LogP contribution < -0.4 is 5.32 Å². The van der Waals surface area contributed by atoms with Crippen LogP contribution in [0.3, 0.4) is 0 Å². The Hall–Kier alpha value is -1.88. The van der Waals surface area contributed by atoms with Gasteiger partial charge in [-0.3, -0.25) is 9.59 Å². The number of aliphatic hydroxyl groups excluding tert-OH is 1. The van der Waals surface area contributed by atoms with Crippen molar-refractivity contribution in [3.05, 3.63) is 35.9 Å². The van der Waals surface area contributed by atoms with Gasteiger partial charge in [-0.05, 0) is 12.0 Å². The number of benzene rings is 1. The number of carbonyl (C=O) groups excluding carboxylic acids is 2. The topological polar surface area (TPSA) is 69.6 Å². The average Bonchev–Trinajstić information content (AvgIpc) is 2.87. The van der Waals surface area contributed by atoms with Crippen molar-refractivity contribution in [1.29, 1.82) is 0 Å². The lowest BCUT2D eigenvalue weighted by Crippen LogP contribution is -2.41. The van der Waals surface area contributed by atoms with Crippen molar-refractivity contribution in [2.24, 2.45) is 5.92 Å². The van der Waals surface area contributed by atoms with Crippen molar-refractivity contribution in [2.45, 2.75) is 32.4 Å². The standard InChI is InChI=1S/C16H22N2O3/c1-2-14(11-19)17-16(21)13-8-15(20)18(10-13)9-12-6-4-3-5-7-12/h3-7,13-14,19H,2,8-11H2,1H3,(H,17,21). The second-order valence-electron chi connectivity index (χ2n) is 5.46. The monoisotopic (exact) mass is 290 g/mol. The number of rotatable bonds is 6. The summed E-state index contributed by atoms with van der Waals surface area (Å²) in [4.78, 5) is 25.9. The zero-order valence-electron chi connectivity index (χ0n) is 12.3. The van der Waals surface area contributed by atoms with Crippen molar-refractivity contribution in [2.75, 3.05) is 13.2 Å². The first kappa shape index (κ1) is 15.5. The van der Waals surface area contributed by atoms with Gasteiger partial charge in [-0.1, -0.05) is 37.3 Å². The molecule has 1 fully saturated rings. The Morgan fingerprint density at radius 1 is 1.43 bits per heavy atom. The van der Waals surface area contributed by atoms with Gasteiger partial charge in [0.15, 0.2) is 0 Å². The van der Waals surface area contributed by atoms with Gasteiger partial charge in [-0.25, -0.2) is 0 Å². The number of likely N-dealkylation sites (tertiary alicyclic amines) is 1. The first-order valence-corrected chi connectivity index (χ1v) is 7.37. The molecule has 5 nitrogen and oxygen atoms in total. The molecular weight excluding hydrogens is 268 g/mol. The summed E-state index contributed by atoms with van der Waals surface area (Å²) >= 11 is 0. The maximum Gasteiger partial charge on any atom is 0.225 e. The smallest absolute Gasteiger partial charge is 0.225 e. The number of amides is 2. The van der Waals surface area contributed by atoms with E-state index in [1.54, 1.807) is 4.90 Å². The molecule has 1 heterocycles. The fraction of sp³-hybridized carbons (Fsp3) is 0.500. The molecule has 0 spiro atoms. The lowest BCUT2D eigenvalue weighted by Gasteiger charge is -2.18. The van der Waals surface area contributed by atoms with Gasteiger partial charge in [0.1, 0.15) is 0 Å². The lowest BCUT2D eigenvalue weighted by atomic mass is 10.1. The summed E-state index contributed by atoms with van der Waals surface area (Å²) in [6.45, 7) is 2.82. The third kappa shape index (κ3) is 4.04. The van der Waals surface area contributed by atoms with Crippen molar-refractivity contribution < 1.29 is 14.7 Å². The molecule has 2 N–H and O–H groups in total. The molecule has 2 atom stereocenters. The summed E-state index contributed by atoms with van der Waals surface area (Å²) in [7, 11) is 0. The molecular formula is C16H22N2O3. The molecule has 0 aliphatic carbocycles. The van der Waals surface area contributed by atoms with E-state index in [1.165, 1.54) is 0 Å². The average molecular weight is 290 g/mol. The van der Waals surface area contributed by atoms with E-state index in [2.05, 4.69) is 5.32 Å². The minimum Gasteiger partial charge on any atom is -0.394 e. The summed E-state index contributed by atoms with van der Waals surface area (Å²) in [5.41, 5.74) is 1.06. The zero-order chi connectivity index (χ0) is 15.2. The van der Waals surface area contributed by atoms with Gasteiger partial charge in [0.05, 0.1) is 18.6 Å². The van der Waals surface area contributed by atoms with E-state index < -0.39 is 0 Å². The molecule has 0 aromatic heterocycles. The second kappa shape index (κ2) is 7.22. The third-order valence-electron chi connectivity index (χ3n) is 3.86. The van der Waals surface area contributed by atoms with Crippen LogP contribution in [0.15, 0.2) is 30.3 Å². The Morgan fingerprint density at radius 2 is 2.14 bits per heavy atom. The maximum absolute atomic E-state index is 12.1. The molecule has 2 amide bonds. The fourth-order valence-electron chi connectivity index (χ4n) is 2.50. The number of hydrogen-bond acceptors (Lipinski definition) is 3. The van der Waals surface area contributed by atoms with Gasteiger partial charge in [-0.2, -0.15) is 0 Å². The zero-order valence-corrected chi connectivity index (χ0v) is 12.3. The number of carbonyl (C=O) groups is 2. The number of nitrogens with zero attached hydrogens (tertiary/aromatic N) is 1. The quantitative estimate of drug-likeness (QED) is 0.818. The molecule has 0 saturated carbocycles. The highest BCUT2D eigenvalue weighted by molar-refractivity contribution is 5.89. The summed E-state index contributed by atoms with van der Waals surface area (Å²) in [5.74, 6) is -0.447. The van der Waals surface area contributed by atoms with Crippen LogP contribution in [0.5, 0.6) is 0 Å². The van der Waals surface area contributed by atoms with Gasteiger partial charge < -0.3 is 15.3 Å². The Labute approximate surface area is 125 Å². The summed E-state index contributed by atoms with van der Waals surface area (Å²) in [6.07, 6.45) is 0.928. The van der Waals surface area contributed by atoms with Crippen molar-refractivity contribution in [3.8, 4) is 0 Å². The van der Waals surface area contributed by atoms with E-state index in [-0.39, 0.29) is 36.8 Å². The maximum atomic E-state index is 12.1. The van der Waals surface area contributed by atoms with Crippen LogP contribution in [-0.4, -0.2) is 41.0 Å². The molecule has 1 aliphatic heterocycles. The summed E-state index contributed by atoms with van der Waals surface area (Å²) < 4.78 is 0. The van der Waals surface area contributed by atoms with Crippen LogP contribution >= 0.6 is 0 Å². The first-order valence-electron chi connectivity index (χ1n) is 7.37. The van der Waals surface area contributed by atoms with E-state index in [1.807, 2.05) is 37.3 Å². The summed E-state index contributed by atoms with van der Waals surface area (Å²) in [6, 6.07) is 9.53. The second-order valence-corrected chi connectivity index (χ2v) is 5.46. The molecule has 1 aromatic carbocycles. The van der Waals surface area contributed by atoms with E-state index in [4.69, 9.17) is 5.11 Å². The molecule has 114 valence electrons. The van der Waals surface area contributed by atoms with E-state index >= 15 is 0 Å². The van der Waals surface area contributed by atoms with Crippen LogP contribution in [0.25, 0.3) is 0 Å². The first-order chi connectivity index (χ1) is 10.1. The van der Waals surface area contributed by atoms with E-state index in [0.717, 1.165) is 5.56 Å². The molecule has 21 heavy (non-hydrogen) atoms. The van der Waals surface area contributed by atoms with Crippen LogP contribution in [0.1, 0.15) is 25.3 Å². The largest absolute Gasteiger partial charge is 0.394 e. The van der Waals surface area contributed by atoms with Crippen molar-refractivity contribution >= 4 is 11.8 Å². The normalized spacial score (nSPS) is 19.6.